The van der Waals surface area contributed by atoms with Crippen LogP contribution < -0.4 is 5.32 Å². The molecule has 1 fully saturated rings. The highest BCUT2D eigenvalue weighted by Gasteiger charge is 2.28. The van der Waals surface area contributed by atoms with Gasteiger partial charge in [0.2, 0.25) is 5.91 Å². The first-order valence-corrected chi connectivity index (χ1v) is 6.36. The van der Waals surface area contributed by atoms with Gasteiger partial charge in [0.1, 0.15) is 0 Å². The number of carbonyl (C=O) groups excluding carboxylic acids is 1. The van der Waals surface area contributed by atoms with Crippen LogP contribution in [0.3, 0.4) is 0 Å². The summed E-state index contributed by atoms with van der Waals surface area (Å²) in [6.07, 6.45) is 2.59. The van der Waals surface area contributed by atoms with E-state index in [0.717, 1.165) is 19.0 Å². The monoisotopic (exact) mass is 226 g/mol. The maximum absolute atomic E-state index is 10.7. The highest BCUT2D eigenvalue weighted by Crippen LogP contribution is 2.33. The molecule has 1 saturated heterocycles. The molecule has 0 unspecified atom stereocenters. The van der Waals surface area contributed by atoms with E-state index < -0.39 is 0 Å². The minimum Gasteiger partial charge on any atom is -0.355 e. The Bertz CT molecular complexity index is 225. The van der Waals surface area contributed by atoms with Crippen LogP contribution in [-0.2, 0) is 4.79 Å². The molecule has 94 valence electrons. The van der Waals surface area contributed by atoms with E-state index in [2.05, 4.69) is 31.0 Å². The summed E-state index contributed by atoms with van der Waals surface area (Å²) >= 11 is 0. The van der Waals surface area contributed by atoms with Crippen molar-refractivity contribution in [2.45, 2.75) is 40.5 Å². The van der Waals surface area contributed by atoms with Crippen molar-refractivity contribution >= 4 is 5.91 Å². The lowest BCUT2D eigenvalue weighted by Gasteiger charge is -2.38. The molecule has 3 nitrogen and oxygen atoms in total. The molecule has 0 aliphatic carbocycles. The minimum atomic E-state index is 0.0737. The Kier molecular flexibility index (Phi) is 4.78. The van der Waals surface area contributed by atoms with Crippen LogP contribution in [0.5, 0.6) is 0 Å². The average molecular weight is 226 g/mol. The van der Waals surface area contributed by atoms with Crippen LogP contribution in [0.4, 0.5) is 0 Å². The summed E-state index contributed by atoms with van der Waals surface area (Å²) in [5, 5.41) is 2.85. The van der Waals surface area contributed by atoms with E-state index in [4.69, 9.17) is 0 Å². The number of hydrogen-bond acceptors (Lipinski definition) is 2. The Morgan fingerprint density at radius 3 is 2.31 bits per heavy atom. The second kappa shape index (κ2) is 5.67. The van der Waals surface area contributed by atoms with Crippen LogP contribution in [0.15, 0.2) is 0 Å². The van der Waals surface area contributed by atoms with Crippen LogP contribution in [0.1, 0.15) is 40.5 Å². The molecule has 0 bridgehead atoms. The molecule has 0 spiro atoms. The molecule has 1 aliphatic rings. The first kappa shape index (κ1) is 13.5. The predicted octanol–water partition coefficient (Wildman–Crippen LogP) is 1.88. The van der Waals surface area contributed by atoms with Crippen molar-refractivity contribution in [3.05, 3.63) is 0 Å². The molecular formula is C13H26N2O. The number of carbonyl (C=O) groups is 1. The predicted molar refractivity (Wildman–Crippen MR) is 67.3 cm³/mol. The topological polar surface area (TPSA) is 32.3 Å². The van der Waals surface area contributed by atoms with Crippen LogP contribution >= 0.6 is 0 Å². The average Bonchev–Trinajstić information content (AvgIpc) is 2.16. The van der Waals surface area contributed by atoms with Gasteiger partial charge in [0.25, 0.3) is 0 Å². The Morgan fingerprint density at radius 1 is 1.31 bits per heavy atom. The first-order valence-electron chi connectivity index (χ1n) is 6.36. The Hall–Kier alpha value is -0.570. The van der Waals surface area contributed by atoms with Gasteiger partial charge in [-0.05, 0) is 37.3 Å². The lowest BCUT2D eigenvalue weighted by molar-refractivity contribution is -0.119. The summed E-state index contributed by atoms with van der Waals surface area (Å²) in [5.74, 6) is 0.925. The zero-order valence-electron chi connectivity index (χ0n) is 11.2. The fourth-order valence-corrected chi connectivity index (χ4v) is 2.41. The number of hydrogen-bond donors (Lipinski definition) is 1. The smallest absolute Gasteiger partial charge is 0.216 e. The zero-order valence-corrected chi connectivity index (χ0v) is 11.2. The van der Waals surface area contributed by atoms with E-state index in [1.165, 1.54) is 25.9 Å². The largest absolute Gasteiger partial charge is 0.355 e. The Balaban J connectivity index is 2.19. The van der Waals surface area contributed by atoms with Gasteiger partial charge in [-0.3, -0.25) is 4.79 Å². The highest BCUT2D eigenvalue weighted by atomic mass is 16.1. The zero-order chi connectivity index (χ0) is 12.2. The van der Waals surface area contributed by atoms with Gasteiger partial charge < -0.3 is 10.2 Å². The van der Waals surface area contributed by atoms with Gasteiger partial charge in [-0.15, -0.1) is 0 Å². The number of likely N-dealkylation sites (tertiary alicyclic amines) is 1. The normalized spacial score (nSPS) is 19.8. The maximum Gasteiger partial charge on any atom is 0.216 e. The van der Waals surface area contributed by atoms with E-state index in [0.29, 0.717) is 5.41 Å². The van der Waals surface area contributed by atoms with Crippen molar-refractivity contribution in [1.29, 1.82) is 0 Å². The minimum absolute atomic E-state index is 0.0737. The van der Waals surface area contributed by atoms with E-state index >= 15 is 0 Å². The van der Waals surface area contributed by atoms with Gasteiger partial charge >= 0.3 is 0 Å². The SMILES string of the molecule is CC(=O)NCCN1CCC(C(C)(C)C)CC1. The third-order valence-electron chi connectivity index (χ3n) is 3.61. The van der Waals surface area contributed by atoms with Crippen molar-refractivity contribution in [3.63, 3.8) is 0 Å². The van der Waals surface area contributed by atoms with Crippen LogP contribution in [0.25, 0.3) is 0 Å². The highest BCUT2D eigenvalue weighted by molar-refractivity contribution is 5.72. The molecule has 1 N–H and O–H groups in total. The molecule has 0 saturated carbocycles. The molecule has 1 amide bonds. The summed E-state index contributed by atoms with van der Waals surface area (Å²) in [6.45, 7) is 12.7. The maximum atomic E-state index is 10.7. The molecule has 1 heterocycles. The molecule has 0 atom stereocenters. The molecule has 0 aromatic heterocycles. The number of rotatable bonds is 3. The van der Waals surface area contributed by atoms with Crippen LogP contribution in [0.2, 0.25) is 0 Å². The van der Waals surface area contributed by atoms with Crippen molar-refractivity contribution in [3.8, 4) is 0 Å². The fraction of sp³-hybridized carbons (Fsp3) is 0.923. The summed E-state index contributed by atoms with van der Waals surface area (Å²) in [5.41, 5.74) is 0.448. The molecule has 0 aromatic rings. The Labute approximate surface area is 99.6 Å². The van der Waals surface area contributed by atoms with Crippen molar-refractivity contribution in [1.82, 2.24) is 10.2 Å². The molecular weight excluding hydrogens is 200 g/mol. The van der Waals surface area contributed by atoms with E-state index in [9.17, 15) is 4.79 Å². The summed E-state index contributed by atoms with van der Waals surface area (Å²) in [4.78, 5) is 13.2. The number of piperidine rings is 1. The van der Waals surface area contributed by atoms with Crippen molar-refractivity contribution in [2.24, 2.45) is 11.3 Å². The fourth-order valence-electron chi connectivity index (χ4n) is 2.41. The van der Waals surface area contributed by atoms with E-state index in [1.54, 1.807) is 6.92 Å². The molecule has 16 heavy (non-hydrogen) atoms. The second-order valence-electron chi connectivity index (χ2n) is 5.96. The van der Waals surface area contributed by atoms with Crippen LogP contribution in [-0.4, -0.2) is 37.0 Å². The van der Waals surface area contributed by atoms with Gasteiger partial charge in [0, 0.05) is 20.0 Å². The van der Waals surface area contributed by atoms with Crippen LogP contribution in [0, 0.1) is 11.3 Å². The molecule has 1 rings (SSSR count). The van der Waals surface area contributed by atoms with Gasteiger partial charge in [0.05, 0.1) is 0 Å². The first-order chi connectivity index (χ1) is 7.39. The number of amides is 1. The summed E-state index contributed by atoms with van der Waals surface area (Å²) in [7, 11) is 0. The van der Waals surface area contributed by atoms with E-state index in [-0.39, 0.29) is 5.91 Å². The van der Waals surface area contributed by atoms with Gasteiger partial charge in [-0.25, -0.2) is 0 Å². The molecule has 0 aromatic carbocycles. The van der Waals surface area contributed by atoms with E-state index in [1.807, 2.05) is 0 Å². The molecule has 3 heteroatoms. The molecule has 0 radical (unpaired) electrons. The van der Waals surface area contributed by atoms with Gasteiger partial charge in [-0.2, -0.15) is 0 Å². The standard InChI is InChI=1S/C13H26N2O/c1-11(16)14-7-10-15-8-5-12(6-9-15)13(2,3)4/h12H,5-10H2,1-4H3,(H,14,16). The van der Waals surface area contributed by atoms with Crippen molar-refractivity contribution in [2.75, 3.05) is 26.2 Å². The quantitative estimate of drug-likeness (QED) is 0.797. The lowest BCUT2D eigenvalue weighted by atomic mass is 9.75. The summed E-state index contributed by atoms with van der Waals surface area (Å²) < 4.78 is 0. The second-order valence-corrected chi connectivity index (χ2v) is 5.96. The number of nitrogens with one attached hydrogen (secondary N) is 1. The van der Waals surface area contributed by atoms with Gasteiger partial charge in [-0.1, -0.05) is 20.8 Å². The Morgan fingerprint density at radius 2 is 1.88 bits per heavy atom. The molecule has 1 aliphatic heterocycles. The number of nitrogens with zero attached hydrogens (tertiary/aromatic N) is 1. The summed E-state index contributed by atoms with van der Waals surface area (Å²) in [6, 6.07) is 0. The lowest BCUT2D eigenvalue weighted by Crippen LogP contribution is -2.41. The third-order valence-corrected chi connectivity index (χ3v) is 3.61. The third kappa shape index (κ3) is 4.52. The van der Waals surface area contributed by atoms with Crippen molar-refractivity contribution < 1.29 is 4.79 Å². The van der Waals surface area contributed by atoms with Gasteiger partial charge in [0.15, 0.2) is 0 Å².